The Balaban J connectivity index is 1.69. The summed E-state index contributed by atoms with van der Waals surface area (Å²) in [6.45, 7) is 6.38. The normalized spacial score (nSPS) is 14.6. The van der Waals surface area contributed by atoms with E-state index in [-0.39, 0.29) is 0 Å². The van der Waals surface area contributed by atoms with Crippen LogP contribution in [0.15, 0.2) is 42.6 Å². The largest absolute Gasteiger partial charge is 0.351 e. The van der Waals surface area contributed by atoms with Crippen molar-refractivity contribution < 1.29 is 0 Å². The minimum absolute atomic E-state index is 0.443. The van der Waals surface area contributed by atoms with E-state index >= 15 is 0 Å². The van der Waals surface area contributed by atoms with Gasteiger partial charge < -0.3 is 10.6 Å². The third-order valence-electron chi connectivity index (χ3n) is 5.52. The van der Waals surface area contributed by atoms with Gasteiger partial charge >= 0.3 is 0 Å². The molecule has 1 aliphatic carbocycles. The number of aryl methyl sites for hydroxylation is 3. The molecule has 5 nitrogen and oxygen atoms in total. The van der Waals surface area contributed by atoms with E-state index in [0.29, 0.717) is 12.0 Å². The zero-order chi connectivity index (χ0) is 20.2. The average molecular weight is 388 g/mol. The molecule has 4 rings (SSSR count). The highest BCUT2D eigenvalue weighted by Gasteiger charge is 2.16. The van der Waals surface area contributed by atoms with Crippen LogP contribution in [0.5, 0.6) is 0 Å². The Kier molecular flexibility index (Phi) is 5.74. The van der Waals surface area contributed by atoms with Crippen LogP contribution < -0.4 is 10.6 Å². The highest BCUT2D eigenvalue weighted by molar-refractivity contribution is 5.69. The smallest absolute Gasteiger partial charge is 0.225 e. The van der Waals surface area contributed by atoms with E-state index in [2.05, 4.69) is 48.5 Å². The molecule has 0 amide bonds. The maximum Gasteiger partial charge on any atom is 0.225 e. The van der Waals surface area contributed by atoms with E-state index in [9.17, 15) is 0 Å². The fourth-order valence-electron chi connectivity index (χ4n) is 4.16. The van der Waals surface area contributed by atoms with Gasteiger partial charge in [-0.3, -0.25) is 4.98 Å². The van der Waals surface area contributed by atoms with Gasteiger partial charge in [-0.05, 0) is 56.9 Å². The van der Waals surface area contributed by atoms with Gasteiger partial charge in [0, 0.05) is 24.0 Å². The van der Waals surface area contributed by atoms with E-state index in [1.807, 2.05) is 24.3 Å². The molecule has 0 bridgehead atoms. The minimum Gasteiger partial charge on any atom is -0.351 e. The summed E-state index contributed by atoms with van der Waals surface area (Å²) in [5.74, 6) is 1.46. The second-order valence-corrected chi connectivity index (χ2v) is 8.05. The molecule has 0 saturated heterocycles. The molecule has 150 valence electrons. The topological polar surface area (TPSA) is 62.7 Å². The predicted octanol–water partition coefficient (Wildman–Crippen LogP) is 5.95. The molecular weight excluding hydrogens is 358 g/mol. The molecule has 1 aliphatic rings. The van der Waals surface area contributed by atoms with E-state index in [4.69, 9.17) is 9.97 Å². The predicted molar refractivity (Wildman–Crippen MR) is 120 cm³/mol. The van der Waals surface area contributed by atoms with E-state index in [1.54, 1.807) is 6.20 Å². The summed E-state index contributed by atoms with van der Waals surface area (Å²) in [6.07, 6.45) is 8.01. The van der Waals surface area contributed by atoms with Gasteiger partial charge in [0.25, 0.3) is 0 Å². The molecule has 0 spiro atoms. The molecule has 2 N–H and O–H groups in total. The van der Waals surface area contributed by atoms with Crippen LogP contribution in [0.4, 0.5) is 17.5 Å². The second-order valence-electron chi connectivity index (χ2n) is 8.05. The van der Waals surface area contributed by atoms with Crippen molar-refractivity contribution in [1.29, 1.82) is 0 Å². The van der Waals surface area contributed by atoms with Crippen LogP contribution in [-0.4, -0.2) is 21.0 Å². The maximum atomic E-state index is 4.79. The maximum absolute atomic E-state index is 4.79. The quantitative estimate of drug-likeness (QED) is 0.566. The minimum atomic E-state index is 0.443. The van der Waals surface area contributed by atoms with Gasteiger partial charge in [-0.25, -0.2) is 4.98 Å². The van der Waals surface area contributed by atoms with Crippen molar-refractivity contribution >= 4 is 17.5 Å². The number of anilines is 3. The number of hydrogen-bond acceptors (Lipinski definition) is 5. The molecule has 29 heavy (non-hydrogen) atoms. The van der Waals surface area contributed by atoms with Gasteiger partial charge in [0.2, 0.25) is 5.95 Å². The van der Waals surface area contributed by atoms with E-state index in [0.717, 1.165) is 22.9 Å². The van der Waals surface area contributed by atoms with E-state index in [1.165, 1.54) is 48.8 Å². The van der Waals surface area contributed by atoms with Crippen molar-refractivity contribution in [2.75, 3.05) is 10.6 Å². The first-order valence-corrected chi connectivity index (χ1v) is 10.5. The van der Waals surface area contributed by atoms with Crippen molar-refractivity contribution in [3.8, 4) is 11.4 Å². The Morgan fingerprint density at radius 2 is 1.62 bits per heavy atom. The lowest BCUT2D eigenvalue weighted by atomic mass is 9.96. The number of aromatic nitrogens is 3. The summed E-state index contributed by atoms with van der Waals surface area (Å²) in [7, 11) is 0. The molecule has 1 aromatic carbocycles. The van der Waals surface area contributed by atoms with Crippen LogP contribution in [0.3, 0.4) is 0 Å². The summed E-state index contributed by atoms with van der Waals surface area (Å²) in [6, 6.07) is 12.7. The Hall–Kier alpha value is -2.95. The fraction of sp³-hybridized carbons (Fsp3) is 0.375. The summed E-state index contributed by atoms with van der Waals surface area (Å²) in [5, 5.41) is 7.10. The lowest BCUT2D eigenvalue weighted by Gasteiger charge is -2.23. The molecule has 2 aromatic heterocycles. The van der Waals surface area contributed by atoms with Gasteiger partial charge in [-0.2, -0.15) is 4.98 Å². The highest BCUT2D eigenvalue weighted by atomic mass is 15.2. The van der Waals surface area contributed by atoms with Crippen LogP contribution in [0, 0.1) is 20.8 Å². The van der Waals surface area contributed by atoms with Crippen molar-refractivity contribution in [1.82, 2.24) is 15.0 Å². The molecule has 2 heterocycles. The van der Waals surface area contributed by atoms with Crippen molar-refractivity contribution in [3.63, 3.8) is 0 Å². The number of rotatable bonds is 5. The summed E-state index contributed by atoms with van der Waals surface area (Å²) < 4.78 is 0. The molecule has 0 aliphatic heterocycles. The van der Waals surface area contributed by atoms with Crippen LogP contribution in [0.1, 0.15) is 48.8 Å². The molecule has 1 saturated carbocycles. The zero-order valence-electron chi connectivity index (χ0n) is 17.5. The van der Waals surface area contributed by atoms with E-state index < -0.39 is 0 Å². The average Bonchev–Trinajstić information content (AvgIpc) is 2.72. The van der Waals surface area contributed by atoms with Gasteiger partial charge in [0.15, 0.2) is 0 Å². The number of hydrogen-bond donors (Lipinski definition) is 2. The first kappa shape index (κ1) is 19.4. The summed E-state index contributed by atoms with van der Waals surface area (Å²) in [4.78, 5) is 14.1. The highest BCUT2D eigenvalue weighted by Crippen LogP contribution is 2.28. The lowest BCUT2D eigenvalue weighted by molar-refractivity contribution is 0.461. The Bertz CT molecular complexity index is 955. The third kappa shape index (κ3) is 4.73. The first-order valence-electron chi connectivity index (χ1n) is 10.5. The van der Waals surface area contributed by atoms with Crippen molar-refractivity contribution in [2.45, 2.75) is 58.9 Å². The monoisotopic (exact) mass is 387 g/mol. The molecule has 0 radical (unpaired) electrons. The van der Waals surface area contributed by atoms with Crippen molar-refractivity contribution in [2.24, 2.45) is 0 Å². The second kappa shape index (κ2) is 8.60. The Morgan fingerprint density at radius 1 is 0.862 bits per heavy atom. The number of nitrogens with zero attached hydrogens (tertiary/aromatic N) is 3. The first-order chi connectivity index (χ1) is 14.1. The number of nitrogens with one attached hydrogen (secondary N) is 2. The van der Waals surface area contributed by atoms with Crippen LogP contribution in [-0.2, 0) is 0 Å². The molecule has 5 heteroatoms. The standard InChI is InChI=1S/C24H29N5/c1-16-13-17(2)23(18(3)14-16)28-22-15-21(20-11-7-8-12-25-20)27-24(29-22)26-19-9-5-4-6-10-19/h7-8,11-15,19H,4-6,9-10H2,1-3H3,(H2,26,27,28,29). The van der Waals surface area contributed by atoms with Crippen LogP contribution in [0.25, 0.3) is 11.4 Å². The molecule has 3 aromatic rings. The van der Waals surface area contributed by atoms with Gasteiger partial charge in [0.1, 0.15) is 5.82 Å². The van der Waals surface area contributed by atoms with Gasteiger partial charge in [-0.15, -0.1) is 0 Å². The molecular formula is C24H29N5. The Morgan fingerprint density at radius 3 is 2.31 bits per heavy atom. The zero-order valence-corrected chi connectivity index (χ0v) is 17.5. The fourth-order valence-corrected chi connectivity index (χ4v) is 4.16. The third-order valence-corrected chi connectivity index (χ3v) is 5.52. The Labute approximate surface area is 173 Å². The number of benzene rings is 1. The number of pyridine rings is 1. The van der Waals surface area contributed by atoms with Crippen LogP contribution in [0.2, 0.25) is 0 Å². The lowest BCUT2D eigenvalue weighted by Crippen LogP contribution is -2.23. The van der Waals surface area contributed by atoms with Crippen LogP contribution >= 0.6 is 0 Å². The molecule has 0 atom stereocenters. The molecule has 1 fully saturated rings. The van der Waals surface area contributed by atoms with Crippen molar-refractivity contribution in [3.05, 3.63) is 59.3 Å². The van der Waals surface area contributed by atoms with Gasteiger partial charge in [-0.1, -0.05) is 43.0 Å². The summed E-state index contributed by atoms with van der Waals surface area (Å²) in [5.41, 5.74) is 6.46. The SMILES string of the molecule is Cc1cc(C)c(Nc2cc(-c3ccccn3)nc(NC3CCCCC3)n2)c(C)c1. The van der Waals surface area contributed by atoms with Gasteiger partial charge in [0.05, 0.1) is 11.4 Å². The summed E-state index contributed by atoms with van der Waals surface area (Å²) >= 11 is 0. The molecule has 0 unspecified atom stereocenters.